The highest BCUT2D eigenvalue weighted by atomic mass is 79.9. The normalized spacial score (nSPS) is 12.1. The Bertz CT molecular complexity index is 525. The van der Waals surface area contributed by atoms with E-state index in [-0.39, 0.29) is 11.7 Å². The first-order valence-corrected chi connectivity index (χ1v) is 6.17. The van der Waals surface area contributed by atoms with E-state index in [1.807, 2.05) is 43.3 Å². The average Bonchev–Trinajstić information content (AvgIpc) is 2.38. The van der Waals surface area contributed by atoms with Crippen LogP contribution in [-0.2, 0) is 0 Å². The second kappa shape index (κ2) is 5.23. The molecule has 0 aliphatic heterocycles. The Morgan fingerprint density at radius 2 is 1.94 bits per heavy atom. The number of hydrogen-bond donors (Lipinski definition) is 0. The molecule has 0 bridgehead atoms. The van der Waals surface area contributed by atoms with Crippen molar-refractivity contribution in [3.8, 4) is 0 Å². The summed E-state index contributed by atoms with van der Waals surface area (Å²) in [6.07, 6.45) is 3.42. The van der Waals surface area contributed by atoms with Gasteiger partial charge in [0.25, 0.3) is 0 Å². The van der Waals surface area contributed by atoms with E-state index in [1.165, 1.54) is 0 Å². The Balaban J connectivity index is 2.27. The Morgan fingerprint density at radius 3 is 2.59 bits per heavy atom. The summed E-state index contributed by atoms with van der Waals surface area (Å²) < 4.78 is 0.922. The van der Waals surface area contributed by atoms with Crippen LogP contribution in [0.4, 0.5) is 0 Å². The molecule has 17 heavy (non-hydrogen) atoms. The molecule has 1 aromatic heterocycles. The Hall–Kier alpha value is -1.48. The standard InChI is InChI=1S/C14H12BrNO/c1-10(11-5-7-16-8-6-11)14(17)12-3-2-4-13(15)9-12/h2-10H,1H3. The van der Waals surface area contributed by atoms with E-state index in [4.69, 9.17) is 0 Å². The fourth-order valence-corrected chi connectivity index (χ4v) is 2.09. The summed E-state index contributed by atoms with van der Waals surface area (Å²) in [5, 5.41) is 0. The molecular formula is C14H12BrNO. The van der Waals surface area contributed by atoms with Crippen molar-refractivity contribution in [2.45, 2.75) is 12.8 Å². The molecule has 1 heterocycles. The van der Waals surface area contributed by atoms with Gasteiger partial charge in [-0.05, 0) is 29.8 Å². The molecule has 0 N–H and O–H groups in total. The van der Waals surface area contributed by atoms with Gasteiger partial charge in [0.1, 0.15) is 0 Å². The van der Waals surface area contributed by atoms with Gasteiger partial charge in [-0.2, -0.15) is 0 Å². The fourth-order valence-electron chi connectivity index (χ4n) is 1.70. The highest BCUT2D eigenvalue weighted by Crippen LogP contribution is 2.21. The number of ketones is 1. The molecule has 0 fully saturated rings. The number of carbonyl (C=O) groups excluding carboxylic acids is 1. The maximum absolute atomic E-state index is 12.3. The number of aromatic nitrogens is 1. The van der Waals surface area contributed by atoms with Crippen LogP contribution < -0.4 is 0 Å². The van der Waals surface area contributed by atoms with Gasteiger partial charge in [-0.25, -0.2) is 0 Å². The van der Waals surface area contributed by atoms with Gasteiger partial charge >= 0.3 is 0 Å². The van der Waals surface area contributed by atoms with Crippen LogP contribution in [0.1, 0.15) is 28.8 Å². The van der Waals surface area contributed by atoms with Crippen LogP contribution in [0.15, 0.2) is 53.3 Å². The van der Waals surface area contributed by atoms with Crippen molar-refractivity contribution in [3.63, 3.8) is 0 Å². The second-order valence-corrected chi connectivity index (χ2v) is 4.79. The van der Waals surface area contributed by atoms with Crippen LogP contribution in [0.25, 0.3) is 0 Å². The highest BCUT2D eigenvalue weighted by Gasteiger charge is 2.16. The molecule has 0 amide bonds. The highest BCUT2D eigenvalue weighted by molar-refractivity contribution is 9.10. The number of hydrogen-bond acceptors (Lipinski definition) is 2. The Kier molecular flexibility index (Phi) is 3.69. The monoisotopic (exact) mass is 289 g/mol. The maximum Gasteiger partial charge on any atom is 0.170 e. The molecule has 0 saturated carbocycles. The van der Waals surface area contributed by atoms with Gasteiger partial charge in [-0.15, -0.1) is 0 Å². The summed E-state index contributed by atoms with van der Waals surface area (Å²) in [4.78, 5) is 16.2. The maximum atomic E-state index is 12.3. The lowest BCUT2D eigenvalue weighted by molar-refractivity contribution is 0.0966. The van der Waals surface area contributed by atoms with Crippen LogP contribution in [0.5, 0.6) is 0 Å². The van der Waals surface area contributed by atoms with Crippen molar-refractivity contribution in [1.29, 1.82) is 0 Å². The van der Waals surface area contributed by atoms with Gasteiger partial charge < -0.3 is 0 Å². The van der Waals surface area contributed by atoms with Gasteiger partial charge in [0.2, 0.25) is 0 Å². The van der Waals surface area contributed by atoms with Crippen molar-refractivity contribution >= 4 is 21.7 Å². The number of Topliss-reactive ketones (excluding diaryl/α,β-unsaturated/α-hetero) is 1. The predicted octanol–water partition coefficient (Wildman–Crippen LogP) is 3.83. The van der Waals surface area contributed by atoms with Crippen molar-refractivity contribution < 1.29 is 4.79 Å². The van der Waals surface area contributed by atoms with Gasteiger partial charge in [-0.3, -0.25) is 9.78 Å². The zero-order valence-corrected chi connectivity index (χ0v) is 11.0. The molecule has 2 aromatic rings. The summed E-state index contributed by atoms with van der Waals surface area (Å²) in [5.74, 6) is -0.0233. The van der Waals surface area contributed by atoms with E-state index in [0.717, 1.165) is 15.6 Å². The SMILES string of the molecule is CC(C(=O)c1cccc(Br)c1)c1ccncc1. The van der Waals surface area contributed by atoms with Crippen LogP contribution in [-0.4, -0.2) is 10.8 Å². The number of rotatable bonds is 3. The van der Waals surface area contributed by atoms with Crippen molar-refractivity contribution in [2.75, 3.05) is 0 Å². The first-order chi connectivity index (χ1) is 8.18. The predicted molar refractivity (Wildman–Crippen MR) is 71.1 cm³/mol. The molecule has 2 nitrogen and oxygen atoms in total. The zero-order chi connectivity index (χ0) is 12.3. The van der Waals surface area contributed by atoms with Crippen molar-refractivity contribution in [2.24, 2.45) is 0 Å². The van der Waals surface area contributed by atoms with Crippen molar-refractivity contribution in [3.05, 3.63) is 64.4 Å². The number of pyridine rings is 1. The molecule has 0 aliphatic carbocycles. The van der Waals surface area contributed by atoms with E-state index in [1.54, 1.807) is 12.4 Å². The minimum atomic E-state index is -0.146. The van der Waals surface area contributed by atoms with Crippen LogP contribution in [0, 0.1) is 0 Å². The molecule has 3 heteroatoms. The van der Waals surface area contributed by atoms with Crippen LogP contribution >= 0.6 is 15.9 Å². The average molecular weight is 290 g/mol. The molecule has 1 unspecified atom stereocenters. The van der Waals surface area contributed by atoms with E-state index < -0.39 is 0 Å². The molecule has 2 rings (SSSR count). The molecule has 0 aliphatic rings. The lowest BCUT2D eigenvalue weighted by atomic mass is 9.93. The zero-order valence-electron chi connectivity index (χ0n) is 9.43. The third kappa shape index (κ3) is 2.80. The van der Waals surface area contributed by atoms with Gasteiger partial charge in [0.15, 0.2) is 5.78 Å². The van der Waals surface area contributed by atoms with Gasteiger partial charge in [0.05, 0.1) is 0 Å². The quantitative estimate of drug-likeness (QED) is 0.804. The smallest absolute Gasteiger partial charge is 0.170 e. The number of carbonyl (C=O) groups is 1. The Labute approximate surface area is 109 Å². The van der Waals surface area contributed by atoms with E-state index in [0.29, 0.717) is 0 Å². The van der Waals surface area contributed by atoms with Crippen molar-refractivity contribution in [1.82, 2.24) is 4.98 Å². The topological polar surface area (TPSA) is 30.0 Å². The molecule has 0 radical (unpaired) electrons. The molecule has 0 spiro atoms. The largest absolute Gasteiger partial charge is 0.294 e. The summed E-state index contributed by atoms with van der Waals surface area (Å²) in [6.45, 7) is 1.92. The molecular weight excluding hydrogens is 278 g/mol. The van der Waals surface area contributed by atoms with Gasteiger partial charge in [0, 0.05) is 28.3 Å². The van der Waals surface area contributed by atoms with Crippen LogP contribution in [0.2, 0.25) is 0 Å². The lowest BCUT2D eigenvalue weighted by Gasteiger charge is -2.10. The van der Waals surface area contributed by atoms with E-state index in [2.05, 4.69) is 20.9 Å². The number of benzene rings is 1. The summed E-state index contributed by atoms with van der Waals surface area (Å²) >= 11 is 3.37. The summed E-state index contributed by atoms with van der Waals surface area (Å²) in [5.41, 5.74) is 1.72. The van der Waals surface area contributed by atoms with E-state index in [9.17, 15) is 4.79 Å². The molecule has 86 valence electrons. The first kappa shape index (κ1) is 12.0. The third-order valence-electron chi connectivity index (χ3n) is 2.71. The molecule has 0 saturated heterocycles. The summed E-state index contributed by atoms with van der Waals surface area (Å²) in [7, 11) is 0. The van der Waals surface area contributed by atoms with E-state index >= 15 is 0 Å². The Morgan fingerprint density at radius 1 is 1.24 bits per heavy atom. The van der Waals surface area contributed by atoms with Gasteiger partial charge in [-0.1, -0.05) is 35.0 Å². The number of nitrogens with zero attached hydrogens (tertiary/aromatic N) is 1. The minimum absolute atomic E-state index is 0.123. The lowest BCUT2D eigenvalue weighted by Crippen LogP contribution is -2.09. The molecule has 1 atom stereocenters. The fraction of sp³-hybridized carbons (Fsp3) is 0.143. The third-order valence-corrected chi connectivity index (χ3v) is 3.20. The van der Waals surface area contributed by atoms with Crippen LogP contribution in [0.3, 0.4) is 0 Å². The summed E-state index contributed by atoms with van der Waals surface area (Å²) in [6, 6.07) is 11.2. The second-order valence-electron chi connectivity index (χ2n) is 3.88. The minimum Gasteiger partial charge on any atom is -0.294 e. The number of halogens is 1. The molecule has 1 aromatic carbocycles. The first-order valence-electron chi connectivity index (χ1n) is 5.38.